The standard InChI is InChI=1S/C12H13NO3/c1-13-11(14)10-6-9(10)7-2-4-8(5-3-7)12(15)16/h2-5,9-10H,6H2,1H3,(H,13,14)(H,15,16)/t9-,10+/m0/s1. The van der Waals surface area contributed by atoms with Gasteiger partial charge in [-0.1, -0.05) is 12.1 Å². The van der Waals surface area contributed by atoms with E-state index in [-0.39, 0.29) is 23.3 Å². The molecule has 2 rings (SSSR count). The Morgan fingerprint density at radius 2 is 1.94 bits per heavy atom. The van der Waals surface area contributed by atoms with Crippen molar-refractivity contribution in [2.45, 2.75) is 12.3 Å². The summed E-state index contributed by atoms with van der Waals surface area (Å²) in [6.45, 7) is 0. The monoisotopic (exact) mass is 219 g/mol. The van der Waals surface area contributed by atoms with Crippen LogP contribution in [-0.2, 0) is 4.79 Å². The molecule has 84 valence electrons. The summed E-state index contributed by atoms with van der Waals surface area (Å²) in [5, 5.41) is 11.4. The molecule has 0 heterocycles. The molecule has 2 N–H and O–H groups in total. The van der Waals surface area contributed by atoms with E-state index in [1.807, 2.05) is 0 Å². The minimum atomic E-state index is -0.926. The summed E-state index contributed by atoms with van der Waals surface area (Å²) >= 11 is 0. The average molecular weight is 219 g/mol. The predicted octanol–water partition coefficient (Wildman–Crippen LogP) is 1.23. The molecule has 1 aliphatic rings. The van der Waals surface area contributed by atoms with E-state index >= 15 is 0 Å². The summed E-state index contributed by atoms with van der Waals surface area (Å²) in [6, 6.07) is 6.74. The summed E-state index contributed by atoms with van der Waals surface area (Å²) in [5.41, 5.74) is 1.32. The van der Waals surface area contributed by atoms with Gasteiger partial charge in [-0.2, -0.15) is 0 Å². The van der Waals surface area contributed by atoms with Crippen molar-refractivity contribution in [1.82, 2.24) is 5.32 Å². The van der Waals surface area contributed by atoms with Crippen molar-refractivity contribution in [3.63, 3.8) is 0 Å². The summed E-state index contributed by atoms with van der Waals surface area (Å²) < 4.78 is 0. The number of aromatic carboxylic acids is 1. The molecule has 1 aliphatic carbocycles. The van der Waals surface area contributed by atoms with E-state index in [1.54, 1.807) is 31.3 Å². The molecule has 0 spiro atoms. The molecule has 1 saturated carbocycles. The maximum Gasteiger partial charge on any atom is 0.335 e. The van der Waals surface area contributed by atoms with Gasteiger partial charge in [0.05, 0.1) is 5.56 Å². The lowest BCUT2D eigenvalue weighted by Crippen LogP contribution is -2.20. The molecule has 4 heteroatoms. The molecule has 0 saturated heterocycles. The Morgan fingerprint density at radius 1 is 1.31 bits per heavy atom. The number of carboxylic acids is 1. The maximum absolute atomic E-state index is 11.3. The Bertz CT molecular complexity index is 424. The summed E-state index contributed by atoms with van der Waals surface area (Å²) in [6.07, 6.45) is 0.853. The second-order valence-corrected chi connectivity index (χ2v) is 3.99. The van der Waals surface area contributed by atoms with Crippen LogP contribution >= 0.6 is 0 Å². The van der Waals surface area contributed by atoms with Gasteiger partial charge in [0.2, 0.25) is 5.91 Å². The van der Waals surface area contributed by atoms with E-state index in [9.17, 15) is 9.59 Å². The average Bonchev–Trinajstić information content (AvgIpc) is 3.08. The van der Waals surface area contributed by atoms with Crippen LogP contribution in [0.25, 0.3) is 0 Å². The van der Waals surface area contributed by atoms with Gasteiger partial charge < -0.3 is 10.4 Å². The van der Waals surface area contributed by atoms with Crippen molar-refractivity contribution in [3.05, 3.63) is 35.4 Å². The predicted molar refractivity (Wildman–Crippen MR) is 58.3 cm³/mol. The first-order valence-electron chi connectivity index (χ1n) is 5.18. The van der Waals surface area contributed by atoms with E-state index in [0.717, 1.165) is 12.0 Å². The molecule has 0 aliphatic heterocycles. The van der Waals surface area contributed by atoms with Crippen LogP contribution in [-0.4, -0.2) is 24.0 Å². The van der Waals surface area contributed by atoms with Crippen LogP contribution in [0.5, 0.6) is 0 Å². The van der Waals surface area contributed by atoms with Crippen molar-refractivity contribution in [2.24, 2.45) is 5.92 Å². The summed E-state index contributed by atoms with van der Waals surface area (Å²) in [4.78, 5) is 22.0. The van der Waals surface area contributed by atoms with Gasteiger partial charge >= 0.3 is 5.97 Å². The highest BCUT2D eigenvalue weighted by atomic mass is 16.4. The Labute approximate surface area is 93.3 Å². The fraction of sp³-hybridized carbons (Fsp3) is 0.333. The van der Waals surface area contributed by atoms with Gasteiger partial charge in [0.25, 0.3) is 0 Å². The maximum atomic E-state index is 11.3. The van der Waals surface area contributed by atoms with Crippen molar-refractivity contribution in [1.29, 1.82) is 0 Å². The number of hydrogen-bond acceptors (Lipinski definition) is 2. The number of nitrogens with one attached hydrogen (secondary N) is 1. The lowest BCUT2D eigenvalue weighted by molar-refractivity contribution is -0.121. The molecular formula is C12H13NO3. The largest absolute Gasteiger partial charge is 0.478 e. The first-order chi connectivity index (χ1) is 7.63. The molecular weight excluding hydrogens is 206 g/mol. The molecule has 2 atom stereocenters. The number of carbonyl (C=O) groups excluding carboxylic acids is 1. The lowest BCUT2D eigenvalue weighted by Gasteiger charge is -2.01. The van der Waals surface area contributed by atoms with Crippen LogP contribution in [0, 0.1) is 5.92 Å². The third-order valence-corrected chi connectivity index (χ3v) is 2.96. The van der Waals surface area contributed by atoms with Gasteiger partial charge in [-0.3, -0.25) is 4.79 Å². The number of hydrogen-bond donors (Lipinski definition) is 2. The van der Waals surface area contributed by atoms with E-state index < -0.39 is 5.97 Å². The van der Waals surface area contributed by atoms with Crippen molar-refractivity contribution in [3.8, 4) is 0 Å². The molecule has 1 fully saturated rings. The van der Waals surface area contributed by atoms with Crippen molar-refractivity contribution < 1.29 is 14.7 Å². The molecule has 0 unspecified atom stereocenters. The summed E-state index contributed by atoms with van der Waals surface area (Å²) in [7, 11) is 1.63. The van der Waals surface area contributed by atoms with Crippen molar-refractivity contribution in [2.75, 3.05) is 7.05 Å². The van der Waals surface area contributed by atoms with Gasteiger partial charge in [0.1, 0.15) is 0 Å². The number of carbonyl (C=O) groups is 2. The molecule has 0 aromatic heterocycles. The highest BCUT2D eigenvalue weighted by Gasteiger charge is 2.43. The first kappa shape index (κ1) is 10.7. The Morgan fingerprint density at radius 3 is 2.44 bits per heavy atom. The topological polar surface area (TPSA) is 66.4 Å². The zero-order valence-corrected chi connectivity index (χ0v) is 8.93. The Hall–Kier alpha value is -1.84. The molecule has 16 heavy (non-hydrogen) atoms. The van der Waals surface area contributed by atoms with Crippen molar-refractivity contribution >= 4 is 11.9 Å². The minimum Gasteiger partial charge on any atom is -0.478 e. The van der Waals surface area contributed by atoms with E-state index in [2.05, 4.69) is 5.32 Å². The van der Waals surface area contributed by atoms with E-state index in [1.165, 1.54) is 0 Å². The van der Waals surface area contributed by atoms with E-state index in [4.69, 9.17) is 5.11 Å². The van der Waals surface area contributed by atoms with Crippen LogP contribution < -0.4 is 5.32 Å². The van der Waals surface area contributed by atoms with Crippen LogP contribution in [0.3, 0.4) is 0 Å². The lowest BCUT2D eigenvalue weighted by atomic mass is 10.1. The zero-order chi connectivity index (χ0) is 11.7. The van der Waals surface area contributed by atoms with Gasteiger partial charge in [0, 0.05) is 13.0 Å². The third kappa shape index (κ3) is 1.91. The Kier molecular flexibility index (Phi) is 2.64. The molecule has 0 radical (unpaired) electrons. The highest BCUT2D eigenvalue weighted by Crippen LogP contribution is 2.47. The Balaban J connectivity index is 2.07. The number of rotatable bonds is 3. The second-order valence-electron chi connectivity index (χ2n) is 3.99. The fourth-order valence-corrected chi connectivity index (χ4v) is 1.91. The second kappa shape index (κ2) is 3.96. The highest BCUT2D eigenvalue weighted by molar-refractivity contribution is 5.87. The smallest absolute Gasteiger partial charge is 0.335 e. The number of carboxylic acid groups (broad SMARTS) is 1. The SMILES string of the molecule is CNC(=O)[C@@H]1C[C@H]1c1ccc(C(=O)O)cc1. The molecule has 0 bridgehead atoms. The van der Waals surface area contributed by atoms with Gasteiger partial charge in [-0.15, -0.1) is 0 Å². The zero-order valence-electron chi connectivity index (χ0n) is 8.93. The van der Waals surface area contributed by atoms with Crippen LogP contribution in [0.1, 0.15) is 28.3 Å². The fourth-order valence-electron chi connectivity index (χ4n) is 1.91. The van der Waals surface area contributed by atoms with Crippen LogP contribution in [0.15, 0.2) is 24.3 Å². The number of amides is 1. The number of benzene rings is 1. The normalized spacial score (nSPS) is 22.6. The first-order valence-corrected chi connectivity index (χ1v) is 5.18. The summed E-state index contributed by atoms with van der Waals surface area (Å²) in [5.74, 6) is -0.555. The van der Waals surface area contributed by atoms with Gasteiger partial charge in [-0.05, 0) is 30.0 Å². The molecule has 1 amide bonds. The van der Waals surface area contributed by atoms with E-state index in [0.29, 0.717) is 0 Å². The third-order valence-electron chi connectivity index (χ3n) is 2.96. The minimum absolute atomic E-state index is 0.0562. The quantitative estimate of drug-likeness (QED) is 0.803. The van der Waals surface area contributed by atoms with Crippen LogP contribution in [0.2, 0.25) is 0 Å². The molecule has 4 nitrogen and oxygen atoms in total. The van der Waals surface area contributed by atoms with Gasteiger partial charge in [-0.25, -0.2) is 4.79 Å². The van der Waals surface area contributed by atoms with Crippen LogP contribution in [0.4, 0.5) is 0 Å². The van der Waals surface area contributed by atoms with Gasteiger partial charge in [0.15, 0.2) is 0 Å². The molecule has 1 aromatic carbocycles. The molecule has 1 aromatic rings.